The monoisotopic (exact) mass is 243 g/mol. The van der Waals surface area contributed by atoms with E-state index in [-0.39, 0.29) is 6.04 Å². The van der Waals surface area contributed by atoms with Crippen LogP contribution < -0.4 is 5.73 Å². The third-order valence-electron chi connectivity index (χ3n) is 3.32. The first-order chi connectivity index (χ1) is 8.49. The molecule has 1 heterocycles. The zero-order chi connectivity index (χ0) is 13.3. The minimum absolute atomic E-state index is 0.114. The van der Waals surface area contributed by atoms with Crippen LogP contribution >= 0.6 is 0 Å². The summed E-state index contributed by atoms with van der Waals surface area (Å²) >= 11 is 0. The summed E-state index contributed by atoms with van der Waals surface area (Å²) in [7, 11) is 1.94. The standard InChI is InChI=1S/C15H21N3/c1-10(2)12-5-7-13(8-6-12)15(16)14-9-11(3)17-18(14)4/h5-10,15H,16H2,1-4H3. The predicted molar refractivity (Wildman–Crippen MR) is 74.5 cm³/mol. The Morgan fingerprint density at radius 3 is 2.11 bits per heavy atom. The largest absolute Gasteiger partial charge is 0.319 e. The Kier molecular flexibility index (Phi) is 3.53. The lowest BCUT2D eigenvalue weighted by molar-refractivity contribution is 0.669. The molecule has 0 fully saturated rings. The number of aryl methyl sites for hydroxylation is 2. The summed E-state index contributed by atoms with van der Waals surface area (Å²) in [6.07, 6.45) is 0. The van der Waals surface area contributed by atoms with Gasteiger partial charge in [0.1, 0.15) is 0 Å². The van der Waals surface area contributed by atoms with E-state index in [2.05, 4.69) is 43.2 Å². The van der Waals surface area contributed by atoms with E-state index in [1.54, 1.807) is 0 Å². The number of nitrogens with zero attached hydrogens (tertiary/aromatic N) is 2. The Balaban J connectivity index is 2.28. The van der Waals surface area contributed by atoms with Crippen LogP contribution in [-0.4, -0.2) is 9.78 Å². The average Bonchev–Trinajstić information content (AvgIpc) is 2.67. The fraction of sp³-hybridized carbons (Fsp3) is 0.400. The smallest absolute Gasteiger partial charge is 0.0723 e. The molecule has 0 aliphatic heterocycles. The van der Waals surface area contributed by atoms with Crippen LogP contribution in [0.2, 0.25) is 0 Å². The molecule has 18 heavy (non-hydrogen) atoms. The highest BCUT2D eigenvalue weighted by atomic mass is 15.3. The summed E-state index contributed by atoms with van der Waals surface area (Å²) in [5.41, 5.74) is 10.8. The van der Waals surface area contributed by atoms with Crippen LogP contribution in [-0.2, 0) is 7.05 Å². The van der Waals surface area contributed by atoms with Crippen LogP contribution in [0.25, 0.3) is 0 Å². The SMILES string of the molecule is Cc1cc(C(N)c2ccc(C(C)C)cc2)n(C)n1. The summed E-state index contributed by atoms with van der Waals surface area (Å²) < 4.78 is 1.86. The summed E-state index contributed by atoms with van der Waals surface area (Å²) in [5, 5.41) is 4.34. The summed E-state index contributed by atoms with van der Waals surface area (Å²) in [4.78, 5) is 0. The molecule has 1 aromatic heterocycles. The molecule has 0 bridgehead atoms. The van der Waals surface area contributed by atoms with Crippen molar-refractivity contribution >= 4 is 0 Å². The van der Waals surface area contributed by atoms with Gasteiger partial charge in [-0.2, -0.15) is 5.10 Å². The summed E-state index contributed by atoms with van der Waals surface area (Å²) in [5.74, 6) is 0.550. The van der Waals surface area contributed by atoms with Crippen molar-refractivity contribution < 1.29 is 0 Å². The second kappa shape index (κ2) is 4.94. The van der Waals surface area contributed by atoms with Crippen molar-refractivity contribution in [1.29, 1.82) is 0 Å². The van der Waals surface area contributed by atoms with E-state index in [1.807, 2.05) is 24.7 Å². The van der Waals surface area contributed by atoms with Crippen LogP contribution in [0.3, 0.4) is 0 Å². The Morgan fingerprint density at radius 2 is 1.67 bits per heavy atom. The minimum atomic E-state index is -0.114. The van der Waals surface area contributed by atoms with Crippen molar-refractivity contribution in [1.82, 2.24) is 9.78 Å². The van der Waals surface area contributed by atoms with Crippen molar-refractivity contribution in [2.24, 2.45) is 12.8 Å². The van der Waals surface area contributed by atoms with E-state index in [0.29, 0.717) is 5.92 Å². The van der Waals surface area contributed by atoms with Gasteiger partial charge in [-0.15, -0.1) is 0 Å². The molecule has 0 saturated heterocycles. The van der Waals surface area contributed by atoms with Gasteiger partial charge in [0.15, 0.2) is 0 Å². The molecular weight excluding hydrogens is 222 g/mol. The van der Waals surface area contributed by atoms with Gasteiger partial charge in [0.2, 0.25) is 0 Å². The molecule has 3 heteroatoms. The Bertz CT molecular complexity index is 523. The molecule has 0 spiro atoms. The maximum Gasteiger partial charge on any atom is 0.0723 e. The van der Waals surface area contributed by atoms with Crippen LogP contribution in [0, 0.1) is 6.92 Å². The number of rotatable bonds is 3. The van der Waals surface area contributed by atoms with E-state index < -0.39 is 0 Å². The van der Waals surface area contributed by atoms with E-state index in [0.717, 1.165) is 17.0 Å². The zero-order valence-corrected chi connectivity index (χ0v) is 11.5. The first-order valence-corrected chi connectivity index (χ1v) is 6.35. The number of hydrogen-bond acceptors (Lipinski definition) is 2. The molecular formula is C15H21N3. The zero-order valence-electron chi connectivity index (χ0n) is 11.5. The number of aromatic nitrogens is 2. The fourth-order valence-electron chi connectivity index (χ4n) is 2.18. The quantitative estimate of drug-likeness (QED) is 0.900. The lowest BCUT2D eigenvalue weighted by Crippen LogP contribution is -2.15. The van der Waals surface area contributed by atoms with Gasteiger partial charge in [0, 0.05) is 7.05 Å². The molecule has 2 rings (SSSR count). The molecule has 0 aliphatic carbocycles. The molecule has 1 aromatic carbocycles. The molecule has 0 aliphatic rings. The van der Waals surface area contributed by atoms with Gasteiger partial charge in [-0.1, -0.05) is 38.1 Å². The minimum Gasteiger partial charge on any atom is -0.319 e. The second-order valence-corrected chi connectivity index (χ2v) is 5.13. The Morgan fingerprint density at radius 1 is 1.11 bits per heavy atom. The van der Waals surface area contributed by atoms with Crippen molar-refractivity contribution in [3.63, 3.8) is 0 Å². The summed E-state index contributed by atoms with van der Waals surface area (Å²) in [6.45, 7) is 6.37. The Hall–Kier alpha value is -1.61. The van der Waals surface area contributed by atoms with Gasteiger partial charge < -0.3 is 5.73 Å². The highest BCUT2D eigenvalue weighted by molar-refractivity contribution is 5.31. The predicted octanol–water partition coefficient (Wildman–Crippen LogP) is 2.90. The van der Waals surface area contributed by atoms with Gasteiger partial charge in [-0.25, -0.2) is 0 Å². The van der Waals surface area contributed by atoms with E-state index in [1.165, 1.54) is 5.56 Å². The normalized spacial score (nSPS) is 13.0. The molecule has 2 N–H and O–H groups in total. The second-order valence-electron chi connectivity index (χ2n) is 5.13. The number of benzene rings is 1. The maximum absolute atomic E-state index is 6.30. The lowest BCUT2D eigenvalue weighted by atomic mass is 9.98. The van der Waals surface area contributed by atoms with E-state index in [4.69, 9.17) is 5.73 Å². The molecule has 0 radical (unpaired) electrons. The summed E-state index contributed by atoms with van der Waals surface area (Å²) in [6, 6.07) is 10.5. The third-order valence-corrected chi connectivity index (χ3v) is 3.32. The molecule has 96 valence electrons. The van der Waals surface area contributed by atoms with Crippen molar-refractivity contribution in [2.45, 2.75) is 32.7 Å². The number of nitrogens with two attached hydrogens (primary N) is 1. The molecule has 1 unspecified atom stereocenters. The van der Waals surface area contributed by atoms with Gasteiger partial charge >= 0.3 is 0 Å². The van der Waals surface area contributed by atoms with Crippen LogP contribution in [0.5, 0.6) is 0 Å². The molecule has 3 nitrogen and oxygen atoms in total. The molecule has 1 atom stereocenters. The Labute approximate surface area is 109 Å². The topological polar surface area (TPSA) is 43.8 Å². The molecule has 2 aromatic rings. The lowest BCUT2D eigenvalue weighted by Gasteiger charge is -2.14. The average molecular weight is 243 g/mol. The first-order valence-electron chi connectivity index (χ1n) is 6.35. The first kappa shape index (κ1) is 12.8. The van der Waals surface area contributed by atoms with Gasteiger partial charge in [0.05, 0.1) is 17.4 Å². The van der Waals surface area contributed by atoms with Gasteiger partial charge in [-0.3, -0.25) is 4.68 Å². The van der Waals surface area contributed by atoms with Crippen molar-refractivity contribution in [2.75, 3.05) is 0 Å². The van der Waals surface area contributed by atoms with Crippen LogP contribution in [0.15, 0.2) is 30.3 Å². The maximum atomic E-state index is 6.30. The van der Waals surface area contributed by atoms with Crippen molar-refractivity contribution in [3.8, 4) is 0 Å². The van der Waals surface area contributed by atoms with Gasteiger partial charge in [0.25, 0.3) is 0 Å². The van der Waals surface area contributed by atoms with Crippen LogP contribution in [0.4, 0.5) is 0 Å². The van der Waals surface area contributed by atoms with E-state index in [9.17, 15) is 0 Å². The van der Waals surface area contributed by atoms with E-state index >= 15 is 0 Å². The number of hydrogen-bond donors (Lipinski definition) is 1. The molecule has 0 amide bonds. The molecule has 0 saturated carbocycles. The highest BCUT2D eigenvalue weighted by Gasteiger charge is 2.13. The van der Waals surface area contributed by atoms with Crippen LogP contribution in [0.1, 0.15) is 48.3 Å². The third kappa shape index (κ3) is 2.46. The highest BCUT2D eigenvalue weighted by Crippen LogP contribution is 2.22. The fourth-order valence-corrected chi connectivity index (χ4v) is 2.18. The van der Waals surface area contributed by atoms with Gasteiger partial charge in [-0.05, 0) is 30.0 Å². The van der Waals surface area contributed by atoms with Crippen molar-refractivity contribution in [3.05, 3.63) is 52.8 Å².